The van der Waals surface area contributed by atoms with Gasteiger partial charge in [0, 0.05) is 19.2 Å². The number of carbonyl (C=O) groups is 1. The second-order valence-corrected chi connectivity index (χ2v) is 5.74. The highest BCUT2D eigenvalue weighted by Gasteiger charge is 2.25. The molecule has 1 saturated carbocycles. The Morgan fingerprint density at radius 1 is 1.20 bits per heavy atom. The van der Waals surface area contributed by atoms with Gasteiger partial charge in [-0.15, -0.1) is 0 Å². The smallest absolute Gasteiger partial charge is 0.336 e. The Balaban J connectivity index is 2.24. The van der Waals surface area contributed by atoms with Gasteiger partial charge in [0.25, 0.3) is 5.91 Å². The predicted molar refractivity (Wildman–Crippen MR) is 78.0 cm³/mol. The molecule has 110 valence electrons. The first-order valence-electron chi connectivity index (χ1n) is 7.39. The Hall–Kier alpha value is -1.58. The zero-order valence-electron chi connectivity index (χ0n) is 12.6. The highest BCUT2D eigenvalue weighted by atomic mass is 16.4. The van der Waals surface area contributed by atoms with E-state index in [0.717, 1.165) is 12.8 Å². The highest BCUT2D eigenvalue weighted by molar-refractivity contribution is 5.96. The SMILES string of the molecule is Cc1cc(=O)oc(C)c1C(=O)N(C)C1CCCCCC1. The van der Waals surface area contributed by atoms with Crippen molar-refractivity contribution in [2.45, 2.75) is 58.4 Å². The minimum absolute atomic E-state index is 0.0318. The van der Waals surface area contributed by atoms with Crippen LogP contribution in [0.1, 0.15) is 60.2 Å². The van der Waals surface area contributed by atoms with Crippen molar-refractivity contribution < 1.29 is 9.21 Å². The fraction of sp³-hybridized carbons (Fsp3) is 0.625. The molecule has 4 heteroatoms. The summed E-state index contributed by atoms with van der Waals surface area (Å²) in [5.74, 6) is 0.385. The van der Waals surface area contributed by atoms with E-state index in [9.17, 15) is 9.59 Å². The van der Waals surface area contributed by atoms with Crippen molar-refractivity contribution in [1.29, 1.82) is 0 Å². The van der Waals surface area contributed by atoms with Crippen LogP contribution in [-0.2, 0) is 0 Å². The van der Waals surface area contributed by atoms with Crippen molar-refractivity contribution in [3.8, 4) is 0 Å². The van der Waals surface area contributed by atoms with Gasteiger partial charge in [0.15, 0.2) is 0 Å². The average molecular weight is 277 g/mol. The highest BCUT2D eigenvalue weighted by Crippen LogP contribution is 2.23. The molecule has 0 atom stereocenters. The molecule has 4 nitrogen and oxygen atoms in total. The van der Waals surface area contributed by atoms with Crippen molar-refractivity contribution in [3.05, 3.63) is 33.4 Å². The molecule has 2 rings (SSSR count). The number of rotatable bonds is 2. The van der Waals surface area contributed by atoms with Crippen LogP contribution in [0.25, 0.3) is 0 Å². The van der Waals surface area contributed by atoms with E-state index in [2.05, 4.69) is 0 Å². The van der Waals surface area contributed by atoms with Gasteiger partial charge in [-0.2, -0.15) is 0 Å². The third-order valence-electron chi connectivity index (χ3n) is 4.24. The lowest BCUT2D eigenvalue weighted by Gasteiger charge is -2.28. The summed E-state index contributed by atoms with van der Waals surface area (Å²) in [4.78, 5) is 25.8. The molecular formula is C16H23NO3. The van der Waals surface area contributed by atoms with Crippen LogP contribution in [0.2, 0.25) is 0 Å². The second-order valence-electron chi connectivity index (χ2n) is 5.74. The Morgan fingerprint density at radius 3 is 2.35 bits per heavy atom. The first-order valence-corrected chi connectivity index (χ1v) is 7.39. The van der Waals surface area contributed by atoms with Crippen LogP contribution in [0.4, 0.5) is 0 Å². The van der Waals surface area contributed by atoms with Gasteiger partial charge >= 0.3 is 5.63 Å². The van der Waals surface area contributed by atoms with Crippen molar-refractivity contribution in [3.63, 3.8) is 0 Å². The molecule has 1 aromatic heterocycles. The quantitative estimate of drug-likeness (QED) is 0.781. The summed E-state index contributed by atoms with van der Waals surface area (Å²) in [6.45, 7) is 3.47. The largest absolute Gasteiger partial charge is 0.427 e. The number of hydrogen-bond acceptors (Lipinski definition) is 3. The Kier molecular flexibility index (Phi) is 4.63. The molecule has 0 spiro atoms. The normalized spacial score (nSPS) is 16.8. The summed E-state index contributed by atoms with van der Waals surface area (Å²) in [7, 11) is 1.86. The van der Waals surface area contributed by atoms with E-state index in [-0.39, 0.29) is 5.91 Å². The molecule has 20 heavy (non-hydrogen) atoms. The Morgan fingerprint density at radius 2 is 1.80 bits per heavy atom. The van der Waals surface area contributed by atoms with E-state index in [0.29, 0.717) is 22.9 Å². The molecule has 0 radical (unpaired) electrons. The summed E-state index contributed by atoms with van der Waals surface area (Å²) in [6.07, 6.45) is 7.02. The molecule has 0 N–H and O–H groups in total. The lowest BCUT2D eigenvalue weighted by molar-refractivity contribution is 0.0712. The number of carbonyl (C=O) groups excluding carboxylic acids is 1. The molecule has 0 saturated heterocycles. The first kappa shape index (κ1) is 14.8. The maximum atomic E-state index is 12.7. The fourth-order valence-electron chi connectivity index (χ4n) is 3.06. The molecule has 1 aliphatic carbocycles. The van der Waals surface area contributed by atoms with Crippen LogP contribution in [0.15, 0.2) is 15.3 Å². The third-order valence-corrected chi connectivity index (χ3v) is 4.24. The van der Waals surface area contributed by atoms with Gasteiger partial charge in [0.05, 0.1) is 5.56 Å². The lowest BCUT2D eigenvalue weighted by Crippen LogP contribution is -2.37. The van der Waals surface area contributed by atoms with Crippen molar-refractivity contribution >= 4 is 5.91 Å². The van der Waals surface area contributed by atoms with E-state index in [1.54, 1.807) is 13.8 Å². The number of nitrogens with zero attached hydrogens (tertiary/aromatic N) is 1. The monoisotopic (exact) mass is 277 g/mol. The molecule has 0 unspecified atom stereocenters. The zero-order chi connectivity index (χ0) is 14.7. The van der Waals surface area contributed by atoms with E-state index >= 15 is 0 Å². The molecule has 0 aliphatic heterocycles. The maximum absolute atomic E-state index is 12.7. The van der Waals surface area contributed by atoms with Gasteiger partial charge in [0.1, 0.15) is 5.76 Å². The molecule has 1 heterocycles. The van der Waals surface area contributed by atoms with Gasteiger partial charge in [-0.25, -0.2) is 4.79 Å². The van der Waals surface area contributed by atoms with Gasteiger partial charge < -0.3 is 9.32 Å². The zero-order valence-corrected chi connectivity index (χ0v) is 12.6. The summed E-state index contributed by atoms with van der Waals surface area (Å²) in [5, 5.41) is 0. The molecular weight excluding hydrogens is 254 g/mol. The van der Waals surface area contributed by atoms with Crippen LogP contribution >= 0.6 is 0 Å². The molecule has 1 aliphatic rings. The second kappa shape index (κ2) is 6.25. The molecule has 0 bridgehead atoms. The molecule has 1 amide bonds. The van der Waals surface area contributed by atoms with E-state index in [1.807, 2.05) is 11.9 Å². The minimum Gasteiger partial charge on any atom is -0.427 e. The Labute approximate surface area is 119 Å². The van der Waals surface area contributed by atoms with Crippen LogP contribution in [0.3, 0.4) is 0 Å². The van der Waals surface area contributed by atoms with E-state index in [1.165, 1.54) is 31.7 Å². The minimum atomic E-state index is -0.395. The summed E-state index contributed by atoms with van der Waals surface area (Å²) < 4.78 is 5.07. The molecule has 1 fully saturated rings. The number of aryl methyl sites for hydroxylation is 2. The average Bonchev–Trinajstić information content (AvgIpc) is 2.65. The maximum Gasteiger partial charge on any atom is 0.336 e. The first-order chi connectivity index (χ1) is 9.50. The van der Waals surface area contributed by atoms with Crippen LogP contribution < -0.4 is 5.63 Å². The van der Waals surface area contributed by atoms with Gasteiger partial charge in [0.2, 0.25) is 0 Å². The fourth-order valence-corrected chi connectivity index (χ4v) is 3.06. The molecule has 0 aromatic carbocycles. The third kappa shape index (κ3) is 3.11. The molecule has 1 aromatic rings. The van der Waals surface area contributed by atoms with Gasteiger partial charge in [-0.05, 0) is 32.3 Å². The standard InChI is InChI=1S/C16H23NO3/c1-11-10-14(18)20-12(2)15(11)16(19)17(3)13-8-6-4-5-7-9-13/h10,13H,4-9H2,1-3H3. The number of hydrogen-bond donors (Lipinski definition) is 0. The van der Waals surface area contributed by atoms with Crippen molar-refractivity contribution in [2.24, 2.45) is 0 Å². The summed E-state index contributed by atoms with van der Waals surface area (Å²) in [5.41, 5.74) is 0.842. The van der Waals surface area contributed by atoms with Crippen LogP contribution in [-0.4, -0.2) is 23.9 Å². The summed E-state index contributed by atoms with van der Waals surface area (Å²) >= 11 is 0. The van der Waals surface area contributed by atoms with E-state index < -0.39 is 5.63 Å². The van der Waals surface area contributed by atoms with E-state index in [4.69, 9.17) is 4.42 Å². The van der Waals surface area contributed by atoms with Gasteiger partial charge in [-0.1, -0.05) is 25.7 Å². The van der Waals surface area contributed by atoms with Crippen molar-refractivity contribution in [2.75, 3.05) is 7.05 Å². The van der Waals surface area contributed by atoms with Crippen LogP contribution in [0.5, 0.6) is 0 Å². The number of amides is 1. The topological polar surface area (TPSA) is 50.5 Å². The predicted octanol–water partition coefficient (Wildman–Crippen LogP) is 3.05. The Bertz CT molecular complexity index is 513. The van der Waals surface area contributed by atoms with Crippen LogP contribution in [0, 0.1) is 13.8 Å². The van der Waals surface area contributed by atoms with Crippen molar-refractivity contribution in [1.82, 2.24) is 4.90 Å². The summed E-state index contributed by atoms with van der Waals surface area (Å²) in [6, 6.07) is 1.69. The van der Waals surface area contributed by atoms with Gasteiger partial charge in [-0.3, -0.25) is 4.79 Å². The lowest BCUT2D eigenvalue weighted by atomic mass is 10.0.